The fourth-order valence-electron chi connectivity index (χ4n) is 3.32. The Morgan fingerprint density at radius 2 is 2.11 bits per heavy atom. The largest absolute Gasteiger partial charge is 0.379 e. The Morgan fingerprint density at radius 3 is 2.93 bits per heavy atom. The van der Waals surface area contributed by atoms with E-state index in [1.54, 1.807) is 16.9 Å². The molecule has 1 N–H and O–H groups in total. The lowest BCUT2D eigenvalue weighted by atomic mass is 10.1. The minimum atomic E-state index is -0.146. The van der Waals surface area contributed by atoms with E-state index in [0.717, 1.165) is 44.1 Å². The van der Waals surface area contributed by atoms with Gasteiger partial charge < -0.3 is 10.1 Å². The lowest BCUT2D eigenvalue weighted by molar-refractivity contribution is 0.0383. The van der Waals surface area contributed by atoms with E-state index in [1.165, 1.54) is 5.56 Å². The van der Waals surface area contributed by atoms with Crippen LogP contribution < -0.4 is 5.32 Å². The molecular weight excluding hydrogens is 342 g/mol. The van der Waals surface area contributed by atoms with Crippen molar-refractivity contribution in [3.63, 3.8) is 0 Å². The van der Waals surface area contributed by atoms with Gasteiger partial charge in [0.1, 0.15) is 5.56 Å². The zero-order chi connectivity index (χ0) is 18.6. The van der Waals surface area contributed by atoms with E-state index in [-0.39, 0.29) is 5.91 Å². The molecule has 3 aromatic rings. The summed E-state index contributed by atoms with van der Waals surface area (Å²) >= 11 is 0. The predicted octanol–water partition coefficient (Wildman–Crippen LogP) is 1.77. The topological polar surface area (TPSA) is 71.8 Å². The van der Waals surface area contributed by atoms with Crippen molar-refractivity contribution in [2.75, 3.05) is 39.4 Å². The first-order chi connectivity index (χ1) is 13.2. The van der Waals surface area contributed by atoms with Crippen molar-refractivity contribution in [1.82, 2.24) is 24.8 Å². The summed E-state index contributed by atoms with van der Waals surface area (Å²) < 4.78 is 7.07. The number of fused-ring (bicyclic) bond motifs is 1. The molecule has 1 aliphatic heterocycles. The molecule has 0 spiro atoms. The summed E-state index contributed by atoms with van der Waals surface area (Å²) in [4.78, 5) is 19.3. The molecule has 4 rings (SSSR count). The molecule has 1 fully saturated rings. The van der Waals surface area contributed by atoms with Crippen LogP contribution in [0.5, 0.6) is 0 Å². The van der Waals surface area contributed by atoms with Crippen LogP contribution in [0.3, 0.4) is 0 Å². The van der Waals surface area contributed by atoms with E-state index in [2.05, 4.69) is 39.4 Å². The van der Waals surface area contributed by atoms with Crippen molar-refractivity contribution < 1.29 is 9.53 Å². The fourth-order valence-corrected chi connectivity index (χ4v) is 3.32. The van der Waals surface area contributed by atoms with Crippen molar-refractivity contribution in [2.24, 2.45) is 0 Å². The van der Waals surface area contributed by atoms with Crippen LogP contribution >= 0.6 is 0 Å². The van der Waals surface area contributed by atoms with E-state index >= 15 is 0 Å². The van der Waals surface area contributed by atoms with Crippen molar-refractivity contribution in [3.05, 3.63) is 53.9 Å². The Morgan fingerprint density at radius 1 is 1.26 bits per heavy atom. The van der Waals surface area contributed by atoms with Gasteiger partial charge in [-0.1, -0.05) is 23.8 Å². The predicted molar refractivity (Wildman–Crippen MR) is 103 cm³/mol. The van der Waals surface area contributed by atoms with Crippen molar-refractivity contribution in [2.45, 2.75) is 6.92 Å². The minimum absolute atomic E-state index is 0.146. The Labute approximate surface area is 158 Å². The van der Waals surface area contributed by atoms with Gasteiger partial charge in [-0.3, -0.25) is 9.69 Å². The SMILES string of the molecule is Cc1cccc(-c2ccnc3c(C(=O)NCCN4CCOCC4)cnn23)c1. The van der Waals surface area contributed by atoms with Crippen molar-refractivity contribution in [1.29, 1.82) is 0 Å². The summed E-state index contributed by atoms with van der Waals surface area (Å²) in [5, 5.41) is 7.39. The van der Waals surface area contributed by atoms with E-state index in [1.807, 2.05) is 18.2 Å². The van der Waals surface area contributed by atoms with Gasteiger partial charge in [0.2, 0.25) is 0 Å². The number of carbonyl (C=O) groups excluding carboxylic acids is 1. The Balaban J connectivity index is 1.51. The van der Waals surface area contributed by atoms with E-state index in [9.17, 15) is 4.79 Å². The highest BCUT2D eigenvalue weighted by Gasteiger charge is 2.17. The molecule has 27 heavy (non-hydrogen) atoms. The number of nitrogens with zero attached hydrogens (tertiary/aromatic N) is 4. The Bertz CT molecular complexity index is 946. The van der Waals surface area contributed by atoms with Gasteiger partial charge >= 0.3 is 0 Å². The summed E-state index contributed by atoms with van der Waals surface area (Å²) in [6.07, 6.45) is 3.31. The first-order valence-electron chi connectivity index (χ1n) is 9.20. The number of ether oxygens (including phenoxy) is 1. The number of hydrogen-bond acceptors (Lipinski definition) is 5. The highest BCUT2D eigenvalue weighted by molar-refractivity contribution is 5.99. The average Bonchev–Trinajstić information content (AvgIpc) is 3.13. The first kappa shape index (κ1) is 17.6. The third kappa shape index (κ3) is 3.84. The van der Waals surface area contributed by atoms with Crippen LogP contribution in [0, 0.1) is 6.92 Å². The number of benzene rings is 1. The maximum atomic E-state index is 12.6. The molecule has 7 heteroatoms. The summed E-state index contributed by atoms with van der Waals surface area (Å²) in [5.74, 6) is -0.146. The highest BCUT2D eigenvalue weighted by Crippen LogP contribution is 2.21. The van der Waals surface area contributed by atoms with Crippen LogP contribution in [0.25, 0.3) is 16.9 Å². The smallest absolute Gasteiger partial charge is 0.256 e. The van der Waals surface area contributed by atoms with Gasteiger partial charge in [0, 0.05) is 37.9 Å². The number of hydrogen-bond donors (Lipinski definition) is 1. The standard InChI is InChI=1S/C20H23N5O2/c1-15-3-2-4-16(13-15)18-5-6-21-19-17(14-23-25(18)19)20(26)22-7-8-24-9-11-27-12-10-24/h2-6,13-14H,7-12H2,1H3,(H,22,26). The first-order valence-corrected chi connectivity index (χ1v) is 9.20. The molecule has 2 aromatic heterocycles. The van der Waals surface area contributed by atoms with Crippen LogP contribution in [-0.4, -0.2) is 64.8 Å². The Kier molecular flexibility index (Phi) is 5.13. The number of rotatable bonds is 5. The zero-order valence-electron chi connectivity index (χ0n) is 15.4. The fraction of sp³-hybridized carbons (Fsp3) is 0.350. The highest BCUT2D eigenvalue weighted by atomic mass is 16.5. The third-order valence-electron chi connectivity index (χ3n) is 4.78. The Hall–Kier alpha value is -2.77. The molecule has 0 radical (unpaired) electrons. The van der Waals surface area contributed by atoms with Crippen LogP contribution in [0.2, 0.25) is 0 Å². The number of aromatic nitrogens is 3. The number of carbonyl (C=O) groups is 1. The lowest BCUT2D eigenvalue weighted by Gasteiger charge is -2.26. The van der Waals surface area contributed by atoms with Gasteiger partial charge in [-0.2, -0.15) is 5.10 Å². The second-order valence-electron chi connectivity index (χ2n) is 6.70. The van der Waals surface area contributed by atoms with E-state index in [4.69, 9.17) is 4.74 Å². The summed E-state index contributed by atoms with van der Waals surface area (Å²) in [6.45, 7) is 6.80. The number of aryl methyl sites for hydroxylation is 1. The molecule has 1 amide bonds. The normalized spacial score (nSPS) is 15.1. The maximum Gasteiger partial charge on any atom is 0.256 e. The molecular formula is C20H23N5O2. The molecule has 1 aliphatic rings. The molecule has 0 atom stereocenters. The molecule has 3 heterocycles. The number of morpholine rings is 1. The van der Waals surface area contributed by atoms with Crippen LogP contribution in [0.1, 0.15) is 15.9 Å². The van der Waals surface area contributed by atoms with E-state index in [0.29, 0.717) is 17.8 Å². The van der Waals surface area contributed by atoms with Crippen molar-refractivity contribution >= 4 is 11.6 Å². The number of amides is 1. The molecule has 0 aliphatic carbocycles. The van der Waals surface area contributed by atoms with Gasteiger partial charge in [-0.15, -0.1) is 0 Å². The molecule has 7 nitrogen and oxygen atoms in total. The van der Waals surface area contributed by atoms with Gasteiger partial charge in [0.05, 0.1) is 25.1 Å². The maximum absolute atomic E-state index is 12.6. The van der Waals surface area contributed by atoms with Crippen LogP contribution in [0.4, 0.5) is 0 Å². The zero-order valence-corrected chi connectivity index (χ0v) is 15.4. The minimum Gasteiger partial charge on any atom is -0.379 e. The van der Waals surface area contributed by atoms with Gasteiger partial charge in [0.15, 0.2) is 5.65 Å². The lowest BCUT2D eigenvalue weighted by Crippen LogP contribution is -2.41. The third-order valence-corrected chi connectivity index (χ3v) is 4.78. The molecule has 1 aromatic carbocycles. The van der Waals surface area contributed by atoms with Gasteiger partial charge in [-0.05, 0) is 19.1 Å². The molecule has 140 valence electrons. The quantitative estimate of drug-likeness (QED) is 0.746. The second-order valence-corrected chi connectivity index (χ2v) is 6.70. The van der Waals surface area contributed by atoms with Gasteiger partial charge in [0.25, 0.3) is 5.91 Å². The summed E-state index contributed by atoms with van der Waals surface area (Å²) in [5.41, 5.74) is 4.19. The van der Waals surface area contributed by atoms with Crippen LogP contribution in [0.15, 0.2) is 42.7 Å². The summed E-state index contributed by atoms with van der Waals surface area (Å²) in [6, 6.07) is 10.1. The number of nitrogens with one attached hydrogen (secondary N) is 1. The average molecular weight is 365 g/mol. The van der Waals surface area contributed by atoms with E-state index < -0.39 is 0 Å². The molecule has 0 unspecified atom stereocenters. The van der Waals surface area contributed by atoms with Gasteiger partial charge in [-0.25, -0.2) is 9.50 Å². The van der Waals surface area contributed by atoms with Crippen LogP contribution in [-0.2, 0) is 4.74 Å². The molecule has 1 saturated heterocycles. The second kappa shape index (κ2) is 7.85. The monoisotopic (exact) mass is 365 g/mol. The molecule has 0 saturated carbocycles. The van der Waals surface area contributed by atoms with Crippen molar-refractivity contribution in [3.8, 4) is 11.3 Å². The summed E-state index contributed by atoms with van der Waals surface area (Å²) in [7, 11) is 0. The molecule has 0 bridgehead atoms.